The molecular weight excluding hydrogens is 262 g/mol. The van der Waals surface area contributed by atoms with Crippen LogP contribution in [-0.4, -0.2) is 36.7 Å². The first kappa shape index (κ1) is 16.9. The van der Waals surface area contributed by atoms with Gasteiger partial charge in [-0.3, -0.25) is 0 Å². The fraction of sp³-hybridized carbons (Fsp3) is 0.600. The van der Waals surface area contributed by atoms with Crippen molar-refractivity contribution in [1.29, 1.82) is 0 Å². The molecule has 0 radical (unpaired) electrons. The molecule has 0 aliphatic heterocycles. The lowest BCUT2D eigenvalue weighted by molar-refractivity contribution is 0.246. The van der Waals surface area contributed by atoms with Crippen LogP contribution in [0.25, 0.3) is 0 Å². The zero-order valence-corrected chi connectivity index (χ0v) is 12.6. The van der Waals surface area contributed by atoms with E-state index in [0.29, 0.717) is 24.1 Å². The first-order valence-electron chi connectivity index (χ1n) is 6.85. The second-order valence-electron chi connectivity index (χ2n) is 5.79. The second kappa shape index (κ2) is 7.55. The Morgan fingerprint density at radius 3 is 2.20 bits per heavy atom. The topological polar surface area (TPSA) is 35.5 Å². The fourth-order valence-corrected chi connectivity index (χ4v) is 2.12. The molecule has 0 heterocycles. The maximum absolute atomic E-state index is 13.2. The molecule has 1 unspecified atom stereocenters. The van der Waals surface area contributed by atoms with E-state index in [9.17, 15) is 8.78 Å². The van der Waals surface area contributed by atoms with Crippen LogP contribution in [0, 0.1) is 17.6 Å². The Balaban J connectivity index is 2.54. The molecule has 0 fully saturated rings. The van der Waals surface area contributed by atoms with Gasteiger partial charge in [0.1, 0.15) is 0 Å². The van der Waals surface area contributed by atoms with Crippen LogP contribution in [0.4, 0.5) is 8.78 Å². The van der Waals surface area contributed by atoms with Crippen LogP contribution in [0.2, 0.25) is 0 Å². The van der Waals surface area contributed by atoms with Gasteiger partial charge in [0.2, 0.25) is 0 Å². The third kappa shape index (κ3) is 5.06. The zero-order chi connectivity index (χ0) is 15.3. The summed E-state index contributed by atoms with van der Waals surface area (Å²) in [7, 11) is 4.04. The third-order valence-electron chi connectivity index (χ3n) is 3.26. The Morgan fingerprint density at radius 1 is 1.20 bits per heavy atom. The van der Waals surface area contributed by atoms with E-state index in [4.69, 9.17) is 5.11 Å². The van der Waals surface area contributed by atoms with Crippen LogP contribution in [0.5, 0.6) is 5.75 Å². The SMILES string of the molecule is CC(C)CC(CNCc1cc(F)c(O)c(F)c1)N(C)C. The van der Waals surface area contributed by atoms with Gasteiger partial charge in [-0.15, -0.1) is 0 Å². The minimum atomic E-state index is -0.923. The van der Waals surface area contributed by atoms with E-state index in [-0.39, 0.29) is 0 Å². The van der Waals surface area contributed by atoms with E-state index in [1.54, 1.807) is 0 Å². The minimum Gasteiger partial charge on any atom is -0.503 e. The van der Waals surface area contributed by atoms with E-state index in [0.717, 1.165) is 25.1 Å². The molecule has 0 aliphatic rings. The van der Waals surface area contributed by atoms with Crippen molar-refractivity contribution in [3.05, 3.63) is 29.3 Å². The highest BCUT2D eigenvalue weighted by molar-refractivity contribution is 5.29. The number of hydrogen-bond donors (Lipinski definition) is 2. The van der Waals surface area contributed by atoms with Crippen LogP contribution < -0.4 is 5.32 Å². The highest BCUT2D eigenvalue weighted by Crippen LogP contribution is 2.21. The van der Waals surface area contributed by atoms with Crippen molar-refractivity contribution >= 4 is 0 Å². The number of phenolic OH excluding ortho intramolecular Hbond substituents is 1. The van der Waals surface area contributed by atoms with Crippen molar-refractivity contribution in [2.24, 2.45) is 5.92 Å². The monoisotopic (exact) mass is 286 g/mol. The molecule has 3 nitrogen and oxygen atoms in total. The Morgan fingerprint density at radius 2 is 1.75 bits per heavy atom. The van der Waals surface area contributed by atoms with Crippen molar-refractivity contribution < 1.29 is 13.9 Å². The van der Waals surface area contributed by atoms with Crippen LogP contribution >= 0.6 is 0 Å². The molecule has 5 heteroatoms. The number of aromatic hydroxyl groups is 1. The molecule has 0 amide bonds. The van der Waals surface area contributed by atoms with Crippen LogP contribution in [-0.2, 0) is 6.54 Å². The molecule has 0 spiro atoms. The Kier molecular flexibility index (Phi) is 6.36. The lowest BCUT2D eigenvalue weighted by Gasteiger charge is -2.26. The van der Waals surface area contributed by atoms with Gasteiger partial charge in [0, 0.05) is 19.1 Å². The van der Waals surface area contributed by atoms with Gasteiger partial charge in [-0.25, -0.2) is 8.78 Å². The van der Waals surface area contributed by atoms with Gasteiger partial charge < -0.3 is 15.3 Å². The summed E-state index contributed by atoms with van der Waals surface area (Å²) in [6, 6.07) is 2.68. The summed E-state index contributed by atoms with van der Waals surface area (Å²) in [5, 5.41) is 12.2. The predicted octanol–water partition coefficient (Wildman–Crippen LogP) is 2.74. The molecule has 0 aromatic heterocycles. The molecule has 0 saturated heterocycles. The molecular formula is C15H24F2N2O. The maximum Gasteiger partial charge on any atom is 0.187 e. The largest absolute Gasteiger partial charge is 0.503 e. The number of likely N-dealkylation sites (N-methyl/N-ethyl adjacent to an activating group) is 1. The van der Waals surface area contributed by atoms with Gasteiger partial charge in [-0.2, -0.15) is 0 Å². The van der Waals surface area contributed by atoms with Gasteiger partial charge in [0.05, 0.1) is 0 Å². The molecule has 1 aromatic rings. The predicted molar refractivity (Wildman–Crippen MR) is 76.7 cm³/mol. The summed E-state index contributed by atoms with van der Waals surface area (Å²) in [6.07, 6.45) is 1.05. The van der Waals surface area contributed by atoms with Crippen LogP contribution in [0.3, 0.4) is 0 Å². The Bertz CT molecular complexity index is 413. The van der Waals surface area contributed by atoms with Gasteiger partial charge in [0.25, 0.3) is 0 Å². The van der Waals surface area contributed by atoms with Gasteiger partial charge in [-0.1, -0.05) is 13.8 Å². The van der Waals surface area contributed by atoms with E-state index in [2.05, 4.69) is 24.1 Å². The van der Waals surface area contributed by atoms with E-state index >= 15 is 0 Å². The smallest absolute Gasteiger partial charge is 0.187 e. The molecule has 1 rings (SSSR count). The lowest BCUT2D eigenvalue weighted by atomic mass is 10.0. The fourth-order valence-electron chi connectivity index (χ4n) is 2.12. The number of phenols is 1. The van der Waals surface area contributed by atoms with Crippen molar-refractivity contribution in [2.75, 3.05) is 20.6 Å². The van der Waals surface area contributed by atoms with E-state index < -0.39 is 17.4 Å². The van der Waals surface area contributed by atoms with Crippen LogP contribution in [0.15, 0.2) is 12.1 Å². The number of hydrogen-bond acceptors (Lipinski definition) is 3. The zero-order valence-electron chi connectivity index (χ0n) is 12.6. The average molecular weight is 286 g/mol. The molecule has 0 bridgehead atoms. The number of nitrogens with one attached hydrogen (secondary N) is 1. The molecule has 1 aromatic carbocycles. The number of halogens is 2. The second-order valence-corrected chi connectivity index (χ2v) is 5.79. The van der Waals surface area contributed by atoms with E-state index in [1.807, 2.05) is 14.1 Å². The minimum absolute atomic E-state index is 0.372. The highest BCUT2D eigenvalue weighted by atomic mass is 19.1. The van der Waals surface area contributed by atoms with Crippen molar-refractivity contribution in [3.8, 4) is 5.75 Å². The third-order valence-corrected chi connectivity index (χ3v) is 3.26. The average Bonchev–Trinajstić information content (AvgIpc) is 2.34. The Hall–Kier alpha value is -1.20. The first-order chi connectivity index (χ1) is 9.31. The quantitative estimate of drug-likeness (QED) is 0.809. The molecule has 0 aliphatic carbocycles. The normalized spacial score (nSPS) is 13.2. The van der Waals surface area contributed by atoms with Crippen LogP contribution in [0.1, 0.15) is 25.8 Å². The van der Waals surface area contributed by atoms with Crippen molar-refractivity contribution in [3.63, 3.8) is 0 Å². The van der Waals surface area contributed by atoms with Gasteiger partial charge >= 0.3 is 0 Å². The number of nitrogens with zero attached hydrogens (tertiary/aromatic N) is 1. The summed E-state index contributed by atoms with van der Waals surface area (Å²) < 4.78 is 26.4. The molecule has 114 valence electrons. The highest BCUT2D eigenvalue weighted by Gasteiger charge is 2.13. The first-order valence-corrected chi connectivity index (χ1v) is 6.85. The molecule has 1 atom stereocenters. The van der Waals surface area contributed by atoms with Gasteiger partial charge in [-0.05, 0) is 44.1 Å². The summed E-state index contributed by atoms with van der Waals surface area (Å²) in [4.78, 5) is 2.14. The summed E-state index contributed by atoms with van der Waals surface area (Å²) >= 11 is 0. The molecule has 20 heavy (non-hydrogen) atoms. The number of benzene rings is 1. The molecule has 0 saturated carbocycles. The van der Waals surface area contributed by atoms with Crippen molar-refractivity contribution in [1.82, 2.24) is 10.2 Å². The van der Waals surface area contributed by atoms with E-state index in [1.165, 1.54) is 0 Å². The lowest BCUT2D eigenvalue weighted by Crippen LogP contribution is -2.38. The maximum atomic E-state index is 13.2. The summed E-state index contributed by atoms with van der Waals surface area (Å²) in [6.45, 7) is 5.45. The summed E-state index contributed by atoms with van der Waals surface area (Å²) in [5.41, 5.74) is 0.486. The Labute approximate surface area is 119 Å². The number of rotatable bonds is 7. The van der Waals surface area contributed by atoms with Crippen molar-refractivity contribution in [2.45, 2.75) is 32.9 Å². The standard InChI is InChI=1S/C15H24F2N2O/c1-10(2)5-12(19(3)4)9-18-8-11-6-13(16)15(20)14(17)7-11/h6-7,10,12,18,20H,5,8-9H2,1-4H3. The summed E-state index contributed by atoms with van der Waals surface area (Å²) in [5.74, 6) is -2.17. The molecule has 2 N–H and O–H groups in total. The van der Waals surface area contributed by atoms with Gasteiger partial charge in [0.15, 0.2) is 17.4 Å².